The first-order valence-corrected chi connectivity index (χ1v) is 7.44. The SMILES string of the molecule is CCOc1cccc(OCC)c1C(=O)CCC(C)P. The van der Waals surface area contributed by atoms with Crippen molar-refractivity contribution in [3.05, 3.63) is 23.8 Å². The maximum Gasteiger partial charge on any atom is 0.170 e. The Morgan fingerprint density at radius 2 is 1.74 bits per heavy atom. The summed E-state index contributed by atoms with van der Waals surface area (Å²) >= 11 is 0. The molecule has 0 saturated heterocycles. The highest BCUT2D eigenvalue weighted by Crippen LogP contribution is 2.30. The van der Waals surface area contributed by atoms with E-state index in [1.165, 1.54) is 0 Å². The fourth-order valence-electron chi connectivity index (χ4n) is 1.82. The zero-order chi connectivity index (χ0) is 14.3. The second-order valence-electron chi connectivity index (χ2n) is 4.43. The molecule has 106 valence electrons. The third-order valence-electron chi connectivity index (χ3n) is 2.69. The molecule has 2 unspecified atom stereocenters. The van der Waals surface area contributed by atoms with Gasteiger partial charge >= 0.3 is 0 Å². The summed E-state index contributed by atoms with van der Waals surface area (Å²) in [4.78, 5) is 12.4. The minimum Gasteiger partial charge on any atom is -0.493 e. The van der Waals surface area contributed by atoms with Crippen LogP contribution in [-0.4, -0.2) is 24.7 Å². The fourth-order valence-corrected chi connectivity index (χ4v) is 1.99. The highest BCUT2D eigenvalue weighted by Gasteiger charge is 2.18. The number of ketones is 1. The molecule has 0 fully saturated rings. The maximum atomic E-state index is 12.4. The lowest BCUT2D eigenvalue weighted by atomic mass is 10.0. The van der Waals surface area contributed by atoms with Crippen molar-refractivity contribution < 1.29 is 14.3 Å². The average Bonchev–Trinajstić information content (AvgIpc) is 2.37. The normalized spacial score (nSPS) is 12.0. The molecule has 2 atom stereocenters. The molecule has 0 saturated carbocycles. The summed E-state index contributed by atoms with van der Waals surface area (Å²) < 4.78 is 11.1. The minimum absolute atomic E-state index is 0.0850. The highest BCUT2D eigenvalue weighted by molar-refractivity contribution is 7.17. The Bertz CT molecular complexity index is 392. The van der Waals surface area contributed by atoms with Gasteiger partial charge in [0.15, 0.2) is 5.78 Å². The largest absolute Gasteiger partial charge is 0.493 e. The van der Waals surface area contributed by atoms with Crippen LogP contribution in [0.1, 0.15) is 44.0 Å². The van der Waals surface area contributed by atoms with Gasteiger partial charge in [0, 0.05) is 6.42 Å². The third-order valence-corrected chi connectivity index (χ3v) is 3.03. The van der Waals surface area contributed by atoms with E-state index in [2.05, 4.69) is 16.2 Å². The number of hydrogen-bond acceptors (Lipinski definition) is 3. The van der Waals surface area contributed by atoms with Crippen molar-refractivity contribution in [3.63, 3.8) is 0 Å². The molecule has 0 radical (unpaired) electrons. The first-order valence-electron chi connectivity index (χ1n) is 6.77. The number of rotatable bonds is 8. The van der Waals surface area contributed by atoms with Gasteiger partial charge in [0.25, 0.3) is 0 Å². The van der Waals surface area contributed by atoms with Crippen LogP contribution in [0.25, 0.3) is 0 Å². The zero-order valence-electron chi connectivity index (χ0n) is 11.9. The van der Waals surface area contributed by atoms with E-state index in [9.17, 15) is 4.79 Å². The summed E-state index contributed by atoms with van der Waals surface area (Å²) in [5.74, 6) is 1.33. The van der Waals surface area contributed by atoms with Crippen LogP contribution in [-0.2, 0) is 0 Å². The Balaban J connectivity index is 3.01. The molecule has 1 rings (SSSR count). The third kappa shape index (κ3) is 4.83. The van der Waals surface area contributed by atoms with Crippen molar-refractivity contribution >= 4 is 15.0 Å². The van der Waals surface area contributed by atoms with Gasteiger partial charge in [-0.25, -0.2) is 0 Å². The number of benzene rings is 1. The Morgan fingerprint density at radius 3 is 2.16 bits per heavy atom. The molecule has 0 aliphatic rings. The van der Waals surface area contributed by atoms with Crippen LogP contribution in [0.3, 0.4) is 0 Å². The minimum atomic E-state index is 0.0850. The van der Waals surface area contributed by atoms with Crippen molar-refractivity contribution in [2.24, 2.45) is 0 Å². The van der Waals surface area contributed by atoms with E-state index in [1.807, 2.05) is 32.0 Å². The van der Waals surface area contributed by atoms with Gasteiger partial charge in [-0.05, 0) is 38.1 Å². The first-order chi connectivity index (χ1) is 9.10. The highest BCUT2D eigenvalue weighted by atomic mass is 31.0. The van der Waals surface area contributed by atoms with Gasteiger partial charge in [-0.3, -0.25) is 4.79 Å². The Labute approximate surface area is 117 Å². The van der Waals surface area contributed by atoms with Crippen molar-refractivity contribution in [1.82, 2.24) is 0 Å². The Hall–Kier alpha value is -1.08. The van der Waals surface area contributed by atoms with Crippen molar-refractivity contribution in [3.8, 4) is 11.5 Å². The molecule has 0 bridgehead atoms. The van der Waals surface area contributed by atoms with E-state index < -0.39 is 0 Å². The first kappa shape index (κ1) is 16.0. The maximum absolute atomic E-state index is 12.4. The summed E-state index contributed by atoms with van der Waals surface area (Å²) in [6.07, 6.45) is 1.35. The van der Waals surface area contributed by atoms with Crippen LogP contribution in [0.15, 0.2) is 18.2 Å². The van der Waals surface area contributed by atoms with Crippen LogP contribution in [0, 0.1) is 0 Å². The molecule has 0 aromatic heterocycles. The van der Waals surface area contributed by atoms with E-state index in [0.29, 0.717) is 42.4 Å². The standard InChI is InChI=1S/C15H23O3P/c1-4-17-13-7-6-8-14(18-5-2)15(13)12(16)10-9-11(3)19/h6-8,11H,4-5,9-10,19H2,1-3H3. The zero-order valence-corrected chi connectivity index (χ0v) is 13.1. The van der Waals surface area contributed by atoms with E-state index in [-0.39, 0.29) is 5.78 Å². The summed E-state index contributed by atoms with van der Waals surface area (Å²) in [6.45, 7) is 6.97. The molecule has 0 N–H and O–H groups in total. The second kappa shape index (κ2) is 8.16. The van der Waals surface area contributed by atoms with Gasteiger partial charge in [0.1, 0.15) is 17.1 Å². The molecule has 0 heterocycles. The summed E-state index contributed by atoms with van der Waals surface area (Å²) in [5, 5.41) is 0. The van der Waals surface area contributed by atoms with Gasteiger partial charge in [0.05, 0.1) is 13.2 Å². The summed E-state index contributed by atoms with van der Waals surface area (Å²) in [5.41, 5.74) is 1.01. The molecular formula is C15H23O3P. The molecule has 4 heteroatoms. The molecule has 0 aliphatic heterocycles. The van der Waals surface area contributed by atoms with Crippen LogP contribution >= 0.6 is 9.24 Å². The van der Waals surface area contributed by atoms with Gasteiger partial charge in [-0.2, -0.15) is 0 Å². The summed E-state index contributed by atoms with van der Waals surface area (Å²) in [6, 6.07) is 5.50. The monoisotopic (exact) mass is 282 g/mol. The lowest BCUT2D eigenvalue weighted by Gasteiger charge is -2.14. The van der Waals surface area contributed by atoms with Crippen LogP contribution in [0.4, 0.5) is 0 Å². The lowest BCUT2D eigenvalue weighted by Crippen LogP contribution is -2.09. The van der Waals surface area contributed by atoms with E-state index >= 15 is 0 Å². The molecule has 19 heavy (non-hydrogen) atoms. The van der Waals surface area contributed by atoms with Crippen LogP contribution in [0.5, 0.6) is 11.5 Å². The number of Topliss-reactive ketones (excluding diaryl/α,β-unsaturated/α-hetero) is 1. The molecule has 3 nitrogen and oxygen atoms in total. The number of hydrogen-bond donors (Lipinski definition) is 0. The van der Waals surface area contributed by atoms with Crippen molar-refractivity contribution in [1.29, 1.82) is 0 Å². The Morgan fingerprint density at radius 1 is 1.21 bits per heavy atom. The fraction of sp³-hybridized carbons (Fsp3) is 0.533. The Kier molecular flexibility index (Phi) is 6.86. The van der Waals surface area contributed by atoms with Gasteiger partial charge in [-0.15, -0.1) is 9.24 Å². The van der Waals surface area contributed by atoms with Crippen molar-refractivity contribution in [2.75, 3.05) is 13.2 Å². The van der Waals surface area contributed by atoms with Crippen LogP contribution in [0.2, 0.25) is 0 Å². The van der Waals surface area contributed by atoms with E-state index in [0.717, 1.165) is 6.42 Å². The topological polar surface area (TPSA) is 35.5 Å². The average molecular weight is 282 g/mol. The lowest BCUT2D eigenvalue weighted by molar-refractivity contribution is 0.0972. The molecule has 0 spiro atoms. The van der Waals surface area contributed by atoms with Gasteiger partial charge < -0.3 is 9.47 Å². The van der Waals surface area contributed by atoms with Gasteiger partial charge in [0.2, 0.25) is 0 Å². The number of carbonyl (C=O) groups excluding carboxylic acids is 1. The molecular weight excluding hydrogens is 259 g/mol. The quantitative estimate of drug-likeness (QED) is 0.538. The predicted octanol–water partition coefficient (Wildman–Crippen LogP) is 3.71. The predicted molar refractivity (Wildman–Crippen MR) is 81.5 cm³/mol. The molecule has 0 amide bonds. The smallest absolute Gasteiger partial charge is 0.170 e. The number of ether oxygens (including phenoxy) is 2. The number of carbonyl (C=O) groups is 1. The van der Waals surface area contributed by atoms with Crippen LogP contribution < -0.4 is 9.47 Å². The molecule has 1 aromatic rings. The van der Waals surface area contributed by atoms with Crippen molar-refractivity contribution in [2.45, 2.75) is 39.3 Å². The molecule has 1 aromatic carbocycles. The summed E-state index contributed by atoms with van der Waals surface area (Å²) in [7, 11) is 2.71. The van der Waals surface area contributed by atoms with E-state index in [1.54, 1.807) is 0 Å². The second-order valence-corrected chi connectivity index (χ2v) is 5.57. The molecule has 0 aliphatic carbocycles. The van der Waals surface area contributed by atoms with E-state index in [4.69, 9.17) is 9.47 Å². The van der Waals surface area contributed by atoms with Gasteiger partial charge in [-0.1, -0.05) is 13.0 Å².